The summed E-state index contributed by atoms with van der Waals surface area (Å²) in [6.07, 6.45) is 2.28. The zero-order valence-corrected chi connectivity index (χ0v) is 8.82. The van der Waals surface area contributed by atoms with E-state index in [4.69, 9.17) is 10.5 Å². The first kappa shape index (κ1) is 11.3. The third kappa shape index (κ3) is 2.83. The first-order valence-electron chi connectivity index (χ1n) is 4.65. The van der Waals surface area contributed by atoms with Crippen molar-refractivity contribution in [3.05, 3.63) is 17.8 Å². The SMILES string of the molecule is CCCOc1ncc(N)cc1C(=O)OC. The van der Waals surface area contributed by atoms with E-state index in [2.05, 4.69) is 9.72 Å². The van der Waals surface area contributed by atoms with E-state index < -0.39 is 5.97 Å². The number of hydrogen-bond acceptors (Lipinski definition) is 5. The van der Waals surface area contributed by atoms with Gasteiger partial charge in [-0.15, -0.1) is 0 Å². The van der Waals surface area contributed by atoms with E-state index in [-0.39, 0.29) is 11.4 Å². The Labute approximate surface area is 88.2 Å². The summed E-state index contributed by atoms with van der Waals surface area (Å²) in [6, 6.07) is 1.49. The standard InChI is InChI=1S/C10H14N2O3/c1-3-4-15-9-8(10(13)14-2)5-7(11)6-12-9/h5-6H,3-4,11H2,1-2H3. The summed E-state index contributed by atoms with van der Waals surface area (Å²) in [5, 5.41) is 0. The van der Waals surface area contributed by atoms with Crippen LogP contribution in [0.1, 0.15) is 23.7 Å². The molecule has 0 atom stereocenters. The molecular weight excluding hydrogens is 196 g/mol. The highest BCUT2D eigenvalue weighted by atomic mass is 16.5. The molecule has 0 fully saturated rings. The van der Waals surface area contributed by atoms with Crippen LogP contribution in [0.15, 0.2) is 12.3 Å². The quantitative estimate of drug-likeness (QED) is 0.757. The predicted octanol–water partition coefficient (Wildman–Crippen LogP) is 1.24. The average molecular weight is 210 g/mol. The van der Waals surface area contributed by atoms with E-state index in [1.54, 1.807) is 0 Å². The largest absolute Gasteiger partial charge is 0.477 e. The molecule has 0 aliphatic heterocycles. The second-order valence-corrected chi connectivity index (χ2v) is 2.96. The molecule has 0 bridgehead atoms. The van der Waals surface area contributed by atoms with Crippen molar-refractivity contribution in [3.8, 4) is 5.88 Å². The lowest BCUT2D eigenvalue weighted by Crippen LogP contribution is -2.08. The van der Waals surface area contributed by atoms with Crippen LogP contribution in [0.3, 0.4) is 0 Å². The lowest BCUT2D eigenvalue weighted by atomic mass is 10.2. The Bertz CT molecular complexity index is 353. The Morgan fingerprint density at radius 2 is 2.33 bits per heavy atom. The number of rotatable bonds is 4. The first-order valence-corrected chi connectivity index (χ1v) is 4.65. The number of nitrogen functional groups attached to an aromatic ring is 1. The molecule has 0 aliphatic carbocycles. The number of carbonyl (C=O) groups excluding carboxylic acids is 1. The maximum atomic E-state index is 11.4. The van der Waals surface area contributed by atoms with Gasteiger partial charge in [0.05, 0.1) is 25.6 Å². The topological polar surface area (TPSA) is 74.4 Å². The van der Waals surface area contributed by atoms with Crippen molar-refractivity contribution in [2.24, 2.45) is 0 Å². The van der Waals surface area contributed by atoms with E-state index in [9.17, 15) is 4.79 Å². The number of carbonyl (C=O) groups is 1. The van der Waals surface area contributed by atoms with Gasteiger partial charge in [0, 0.05) is 0 Å². The first-order chi connectivity index (χ1) is 7.19. The third-order valence-electron chi connectivity index (χ3n) is 1.72. The number of esters is 1. The smallest absolute Gasteiger partial charge is 0.343 e. The third-order valence-corrected chi connectivity index (χ3v) is 1.72. The minimum atomic E-state index is -0.499. The van der Waals surface area contributed by atoms with Crippen LogP contribution >= 0.6 is 0 Å². The van der Waals surface area contributed by atoms with Gasteiger partial charge in [-0.2, -0.15) is 0 Å². The summed E-state index contributed by atoms with van der Waals surface area (Å²) in [7, 11) is 1.30. The molecule has 0 radical (unpaired) electrons. The fourth-order valence-corrected chi connectivity index (χ4v) is 1.04. The molecule has 1 aromatic rings. The molecule has 1 aromatic heterocycles. The summed E-state index contributed by atoms with van der Waals surface area (Å²) < 4.78 is 9.89. The molecule has 1 heterocycles. The highest BCUT2D eigenvalue weighted by Crippen LogP contribution is 2.18. The second-order valence-electron chi connectivity index (χ2n) is 2.96. The summed E-state index contributed by atoms with van der Waals surface area (Å²) in [5.41, 5.74) is 6.18. The molecule has 1 rings (SSSR count). The Morgan fingerprint density at radius 3 is 2.93 bits per heavy atom. The number of methoxy groups -OCH3 is 1. The molecule has 0 unspecified atom stereocenters. The van der Waals surface area contributed by atoms with Gasteiger partial charge in [0.1, 0.15) is 5.56 Å². The highest BCUT2D eigenvalue weighted by molar-refractivity contribution is 5.92. The van der Waals surface area contributed by atoms with Gasteiger partial charge in [-0.25, -0.2) is 9.78 Å². The number of nitrogens with zero attached hydrogens (tertiary/aromatic N) is 1. The monoisotopic (exact) mass is 210 g/mol. The number of ether oxygens (including phenoxy) is 2. The fourth-order valence-electron chi connectivity index (χ4n) is 1.04. The molecule has 5 nitrogen and oxygen atoms in total. The minimum absolute atomic E-state index is 0.256. The van der Waals surface area contributed by atoms with Gasteiger partial charge >= 0.3 is 5.97 Å². The predicted molar refractivity (Wildman–Crippen MR) is 55.8 cm³/mol. The highest BCUT2D eigenvalue weighted by Gasteiger charge is 2.14. The van der Waals surface area contributed by atoms with Crippen LogP contribution < -0.4 is 10.5 Å². The van der Waals surface area contributed by atoms with Crippen LogP contribution in [0.25, 0.3) is 0 Å². The van der Waals surface area contributed by atoms with Crippen LogP contribution in [0.2, 0.25) is 0 Å². The van der Waals surface area contributed by atoms with E-state index >= 15 is 0 Å². The van der Waals surface area contributed by atoms with Crippen LogP contribution in [0.5, 0.6) is 5.88 Å². The molecule has 0 amide bonds. The van der Waals surface area contributed by atoms with E-state index in [1.165, 1.54) is 19.4 Å². The van der Waals surface area contributed by atoms with Crippen molar-refractivity contribution in [1.82, 2.24) is 4.98 Å². The molecule has 82 valence electrons. The molecule has 0 aromatic carbocycles. The van der Waals surface area contributed by atoms with Gasteiger partial charge in [0.25, 0.3) is 0 Å². The summed E-state index contributed by atoms with van der Waals surface area (Å²) in [5.74, 6) is -0.237. The van der Waals surface area contributed by atoms with Gasteiger partial charge in [0.2, 0.25) is 5.88 Å². The number of pyridine rings is 1. The lowest BCUT2D eigenvalue weighted by Gasteiger charge is -2.08. The molecule has 5 heteroatoms. The van der Waals surface area contributed by atoms with E-state index in [0.717, 1.165) is 6.42 Å². The number of nitrogens with two attached hydrogens (primary N) is 1. The lowest BCUT2D eigenvalue weighted by molar-refractivity contribution is 0.0595. The van der Waals surface area contributed by atoms with Gasteiger partial charge in [-0.1, -0.05) is 6.92 Å². The van der Waals surface area contributed by atoms with Crippen molar-refractivity contribution in [1.29, 1.82) is 0 Å². The summed E-state index contributed by atoms with van der Waals surface area (Å²) in [6.45, 7) is 2.47. The van der Waals surface area contributed by atoms with Crippen LogP contribution in [0.4, 0.5) is 5.69 Å². The van der Waals surface area contributed by atoms with Gasteiger partial charge in [-0.05, 0) is 12.5 Å². The summed E-state index contributed by atoms with van der Waals surface area (Å²) in [4.78, 5) is 15.3. The van der Waals surface area contributed by atoms with Gasteiger partial charge in [-0.3, -0.25) is 0 Å². The van der Waals surface area contributed by atoms with Crippen molar-refractivity contribution in [3.63, 3.8) is 0 Å². The molecule has 0 saturated heterocycles. The molecule has 0 saturated carbocycles. The Balaban J connectivity index is 2.97. The zero-order chi connectivity index (χ0) is 11.3. The Kier molecular flexibility index (Phi) is 3.91. The molecule has 15 heavy (non-hydrogen) atoms. The van der Waals surface area contributed by atoms with Gasteiger partial charge in [0.15, 0.2) is 0 Å². The van der Waals surface area contributed by atoms with Crippen molar-refractivity contribution < 1.29 is 14.3 Å². The zero-order valence-electron chi connectivity index (χ0n) is 8.82. The maximum Gasteiger partial charge on any atom is 0.343 e. The van der Waals surface area contributed by atoms with Crippen LogP contribution in [-0.2, 0) is 4.74 Å². The van der Waals surface area contributed by atoms with E-state index in [1.807, 2.05) is 6.92 Å². The van der Waals surface area contributed by atoms with Crippen molar-refractivity contribution in [2.75, 3.05) is 19.5 Å². The number of aromatic nitrogens is 1. The fraction of sp³-hybridized carbons (Fsp3) is 0.400. The van der Waals surface area contributed by atoms with E-state index in [0.29, 0.717) is 12.3 Å². The second kappa shape index (κ2) is 5.19. The Morgan fingerprint density at radius 1 is 1.60 bits per heavy atom. The maximum absolute atomic E-state index is 11.4. The minimum Gasteiger partial charge on any atom is -0.477 e. The number of anilines is 1. The molecule has 0 spiro atoms. The number of hydrogen-bond donors (Lipinski definition) is 1. The van der Waals surface area contributed by atoms with Crippen LogP contribution in [-0.4, -0.2) is 24.7 Å². The van der Waals surface area contributed by atoms with Crippen molar-refractivity contribution in [2.45, 2.75) is 13.3 Å². The normalized spacial score (nSPS) is 9.73. The van der Waals surface area contributed by atoms with Crippen molar-refractivity contribution >= 4 is 11.7 Å². The average Bonchev–Trinajstić information content (AvgIpc) is 2.26. The molecular formula is C10H14N2O3. The molecule has 2 N–H and O–H groups in total. The Hall–Kier alpha value is -1.78. The van der Waals surface area contributed by atoms with Gasteiger partial charge < -0.3 is 15.2 Å². The van der Waals surface area contributed by atoms with Crippen LogP contribution in [0, 0.1) is 0 Å². The molecule has 0 aliphatic rings. The summed E-state index contributed by atoms with van der Waals surface area (Å²) >= 11 is 0.